The van der Waals surface area contributed by atoms with Gasteiger partial charge in [0.1, 0.15) is 17.6 Å². The molecule has 8 heteroatoms. The quantitative estimate of drug-likeness (QED) is 0.812. The van der Waals surface area contributed by atoms with E-state index >= 15 is 0 Å². The molecule has 0 N–H and O–H groups in total. The lowest BCUT2D eigenvalue weighted by Crippen LogP contribution is -2.46. The zero-order valence-electron chi connectivity index (χ0n) is 12.4. The maximum Gasteiger partial charge on any atom is 0.339 e. The summed E-state index contributed by atoms with van der Waals surface area (Å²) in [5.74, 6) is 0.961. The number of hydrogen-bond acceptors (Lipinski definition) is 5. The number of rotatable bonds is 4. The number of piperidine rings is 1. The van der Waals surface area contributed by atoms with Gasteiger partial charge in [0, 0.05) is 33.3 Å². The van der Waals surface area contributed by atoms with Gasteiger partial charge in [-0.05, 0) is 19.8 Å². The van der Waals surface area contributed by atoms with Crippen LogP contribution < -0.4 is 10.4 Å². The van der Waals surface area contributed by atoms with E-state index in [1.165, 1.54) is 28.8 Å². The van der Waals surface area contributed by atoms with Crippen molar-refractivity contribution in [2.75, 3.05) is 27.2 Å². The van der Waals surface area contributed by atoms with E-state index in [9.17, 15) is 13.2 Å². The van der Waals surface area contributed by atoms with E-state index in [2.05, 4.69) is 0 Å². The summed E-state index contributed by atoms with van der Waals surface area (Å²) in [5.41, 5.74) is -0.447. The van der Waals surface area contributed by atoms with Gasteiger partial charge >= 0.3 is 5.63 Å². The molecule has 1 aromatic rings. The Hall–Kier alpha value is -1.38. The van der Waals surface area contributed by atoms with Gasteiger partial charge in [0.05, 0.1) is 6.07 Å². The Balaban J connectivity index is 1.97. The number of hydrogen-bond donors (Lipinski definition) is 0. The molecule has 0 spiro atoms. The van der Waals surface area contributed by atoms with E-state index in [1.807, 2.05) is 0 Å². The third kappa shape index (κ3) is 3.84. The molecule has 7 nitrogen and oxygen atoms in total. The summed E-state index contributed by atoms with van der Waals surface area (Å²) in [6.07, 6.45) is 1.08. The predicted octanol–water partition coefficient (Wildman–Crippen LogP) is 0.598. The summed E-state index contributed by atoms with van der Waals surface area (Å²) in [7, 11) is -0.328. The summed E-state index contributed by atoms with van der Waals surface area (Å²) in [6, 6.07) is 2.96. The highest BCUT2D eigenvalue weighted by Gasteiger charge is 2.30. The van der Waals surface area contributed by atoms with Gasteiger partial charge in [-0.1, -0.05) is 0 Å². The molecule has 0 bridgehead atoms. The smallest absolute Gasteiger partial charge is 0.339 e. The van der Waals surface area contributed by atoms with Gasteiger partial charge in [0.25, 0.3) is 10.2 Å². The van der Waals surface area contributed by atoms with Crippen LogP contribution in [-0.4, -0.2) is 50.3 Å². The van der Waals surface area contributed by atoms with E-state index in [1.54, 1.807) is 13.0 Å². The number of ether oxygens (including phenoxy) is 1. The molecular weight excluding hydrogens is 296 g/mol. The third-order valence-corrected chi connectivity index (χ3v) is 5.30. The second-order valence-electron chi connectivity index (χ2n) is 5.23. The maximum atomic E-state index is 12.0. The first-order valence-electron chi connectivity index (χ1n) is 6.75. The van der Waals surface area contributed by atoms with Gasteiger partial charge in [-0.2, -0.15) is 17.0 Å². The molecule has 2 rings (SSSR count). The molecule has 1 aliphatic heterocycles. The number of aryl methyl sites for hydroxylation is 1. The van der Waals surface area contributed by atoms with Crippen molar-refractivity contribution in [3.63, 3.8) is 0 Å². The third-order valence-electron chi connectivity index (χ3n) is 3.36. The van der Waals surface area contributed by atoms with Crippen LogP contribution in [0, 0.1) is 6.92 Å². The molecule has 0 atom stereocenters. The van der Waals surface area contributed by atoms with E-state index in [4.69, 9.17) is 9.15 Å². The largest absolute Gasteiger partial charge is 0.490 e. The van der Waals surface area contributed by atoms with Crippen molar-refractivity contribution in [1.82, 2.24) is 8.61 Å². The SMILES string of the molecule is Cc1cc(OC2CCN(S(=O)(=O)N(C)C)CC2)cc(=O)o1. The second kappa shape index (κ2) is 6.17. The van der Waals surface area contributed by atoms with Crippen molar-refractivity contribution in [3.05, 3.63) is 28.3 Å². The highest BCUT2D eigenvalue weighted by Crippen LogP contribution is 2.20. The molecule has 1 saturated heterocycles. The van der Waals surface area contributed by atoms with Crippen LogP contribution in [-0.2, 0) is 10.2 Å². The molecule has 0 unspecified atom stereocenters. The topological polar surface area (TPSA) is 80.1 Å². The summed E-state index contributed by atoms with van der Waals surface area (Å²) in [5, 5.41) is 0. The minimum absolute atomic E-state index is 0.0974. The highest BCUT2D eigenvalue weighted by atomic mass is 32.2. The molecule has 1 aromatic heterocycles. The van der Waals surface area contributed by atoms with Gasteiger partial charge in [-0.15, -0.1) is 0 Å². The highest BCUT2D eigenvalue weighted by molar-refractivity contribution is 7.86. The van der Waals surface area contributed by atoms with Crippen LogP contribution in [0.4, 0.5) is 0 Å². The molecular formula is C13H20N2O5S. The monoisotopic (exact) mass is 316 g/mol. The van der Waals surface area contributed by atoms with Crippen LogP contribution in [0.2, 0.25) is 0 Å². The van der Waals surface area contributed by atoms with Gasteiger partial charge < -0.3 is 9.15 Å². The molecule has 0 amide bonds. The fourth-order valence-corrected chi connectivity index (χ4v) is 3.38. The molecule has 1 fully saturated rings. The van der Waals surface area contributed by atoms with Crippen molar-refractivity contribution in [2.24, 2.45) is 0 Å². The Labute approximate surface area is 124 Å². The van der Waals surface area contributed by atoms with Gasteiger partial charge in [-0.25, -0.2) is 4.79 Å². The molecule has 0 saturated carbocycles. The summed E-state index contributed by atoms with van der Waals surface area (Å²) < 4.78 is 37.3. The van der Waals surface area contributed by atoms with Gasteiger partial charge in [0.15, 0.2) is 0 Å². The zero-order valence-corrected chi connectivity index (χ0v) is 13.2. The number of nitrogens with zero attached hydrogens (tertiary/aromatic N) is 2. The second-order valence-corrected chi connectivity index (χ2v) is 7.37. The van der Waals surface area contributed by atoms with Crippen LogP contribution in [0.1, 0.15) is 18.6 Å². The van der Waals surface area contributed by atoms with Crippen molar-refractivity contribution < 1.29 is 17.6 Å². The molecule has 118 valence electrons. The fourth-order valence-electron chi connectivity index (χ4n) is 2.25. The molecule has 0 aromatic carbocycles. The minimum Gasteiger partial charge on any atom is -0.490 e. The Bertz CT molecular complexity index is 645. The molecule has 2 heterocycles. The Kier molecular flexibility index (Phi) is 4.70. The summed E-state index contributed by atoms with van der Waals surface area (Å²) in [6.45, 7) is 2.50. The van der Waals surface area contributed by atoms with E-state index in [-0.39, 0.29) is 6.10 Å². The summed E-state index contributed by atoms with van der Waals surface area (Å²) >= 11 is 0. The summed E-state index contributed by atoms with van der Waals surface area (Å²) in [4.78, 5) is 11.3. The van der Waals surface area contributed by atoms with Crippen molar-refractivity contribution in [1.29, 1.82) is 0 Å². The Morgan fingerprint density at radius 3 is 2.43 bits per heavy atom. The van der Waals surface area contributed by atoms with Crippen molar-refractivity contribution in [3.8, 4) is 5.75 Å². The Morgan fingerprint density at radius 2 is 1.90 bits per heavy atom. The first-order valence-corrected chi connectivity index (χ1v) is 8.15. The zero-order chi connectivity index (χ0) is 15.6. The minimum atomic E-state index is -3.36. The standard InChI is InChI=1S/C13H20N2O5S/c1-10-8-12(9-13(16)19-10)20-11-4-6-15(7-5-11)21(17,18)14(2)3/h8-9,11H,4-7H2,1-3H3. The average Bonchev–Trinajstić information content (AvgIpc) is 2.37. The van der Waals surface area contributed by atoms with Crippen LogP contribution >= 0.6 is 0 Å². The van der Waals surface area contributed by atoms with E-state index in [0.717, 1.165) is 0 Å². The lowest BCUT2D eigenvalue weighted by atomic mass is 10.1. The van der Waals surface area contributed by atoms with Crippen LogP contribution in [0.25, 0.3) is 0 Å². The average molecular weight is 316 g/mol. The molecule has 0 aliphatic carbocycles. The van der Waals surface area contributed by atoms with Crippen molar-refractivity contribution >= 4 is 10.2 Å². The van der Waals surface area contributed by atoms with E-state index in [0.29, 0.717) is 37.4 Å². The fraction of sp³-hybridized carbons (Fsp3) is 0.615. The molecule has 21 heavy (non-hydrogen) atoms. The van der Waals surface area contributed by atoms with Crippen molar-refractivity contribution in [2.45, 2.75) is 25.9 Å². The normalized spacial score (nSPS) is 18.1. The lowest BCUT2D eigenvalue weighted by molar-refractivity contribution is 0.132. The first-order chi connectivity index (χ1) is 9.79. The first kappa shape index (κ1) is 16.0. The van der Waals surface area contributed by atoms with Crippen LogP contribution in [0.15, 0.2) is 21.3 Å². The van der Waals surface area contributed by atoms with Gasteiger partial charge in [0.2, 0.25) is 0 Å². The van der Waals surface area contributed by atoms with Crippen LogP contribution in [0.3, 0.4) is 0 Å². The Morgan fingerprint density at radius 1 is 1.29 bits per heavy atom. The van der Waals surface area contributed by atoms with Gasteiger partial charge in [-0.3, -0.25) is 0 Å². The molecule has 1 aliphatic rings. The lowest BCUT2D eigenvalue weighted by Gasteiger charge is -2.32. The predicted molar refractivity (Wildman–Crippen MR) is 77.5 cm³/mol. The molecule has 0 radical (unpaired) electrons. The maximum absolute atomic E-state index is 12.0. The van der Waals surface area contributed by atoms with Crippen LogP contribution in [0.5, 0.6) is 5.75 Å². The van der Waals surface area contributed by atoms with E-state index < -0.39 is 15.8 Å².